The summed E-state index contributed by atoms with van der Waals surface area (Å²) in [6.45, 7) is 1.39. The lowest BCUT2D eigenvalue weighted by molar-refractivity contribution is -0.134. The molecule has 3 heterocycles. The van der Waals surface area contributed by atoms with Gasteiger partial charge in [-0.15, -0.1) is 0 Å². The molecule has 0 radical (unpaired) electrons. The van der Waals surface area contributed by atoms with E-state index in [0.717, 1.165) is 36.6 Å². The summed E-state index contributed by atoms with van der Waals surface area (Å²) in [5.74, 6) is 1.57. The largest absolute Gasteiger partial charge is 0.343 e. The number of carbonyl (C=O) groups is 2. The van der Waals surface area contributed by atoms with Crippen LogP contribution in [0, 0.1) is 5.92 Å². The van der Waals surface area contributed by atoms with Crippen LogP contribution in [0.3, 0.4) is 0 Å². The number of hydrogen-bond acceptors (Lipinski definition) is 5. The zero-order valence-corrected chi connectivity index (χ0v) is 16.7. The Kier molecular flexibility index (Phi) is 7.68. The molecule has 142 valence electrons. The fraction of sp³-hybridized carbons (Fsp3) is 0.632. The molecule has 2 fully saturated rings. The van der Waals surface area contributed by atoms with Gasteiger partial charge in [0.15, 0.2) is 0 Å². The number of piperidine rings is 1. The van der Waals surface area contributed by atoms with Crippen molar-refractivity contribution in [1.82, 2.24) is 9.88 Å². The molecular weight excluding hydrogens is 366 g/mol. The molecule has 0 aliphatic carbocycles. The van der Waals surface area contributed by atoms with Crippen LogP contribution in [-0.2, 0) is 9.59 Å². The van der Waals surface area contributed by atoms with E-state index in [2.05, 4.69) is 10.3 Å². The minimum atomic E-state index is -0.0101. The van der Waals surface area contributed by atoms with Crippen molar-refractivity contribution in [3.05, 3.63) is 24.5 Å². The van der Waals surface area contributed by atoms with Crippen molar-refractivity contribution in [2.45, 2.75) is 50.2 Å². The Morgan fingerprint density at radius 1 is 1.15 bits per heavy atom. The van der Waals surface area contributed by atoms with Gasteiger partial charge in [0.05, 0.1) is 0 Å². The second-order valence-corrected chi connectivity index (χ2v) is 9.74. The van der Waals surface area contributed by atoms with Gasteiger partial charge in [0.25, 0.3) is 0 Å². The summed E-state index contributed by atoms with van der Waals surface area (Å²) in [6, 6.07) is 3.58. The number of pyridine rings is 1. The Morgan fingerprint density at radius 2 is 1.92 bits per heavy atom. The fourth-order valence-electron chi connectivity index (χ4n) is 3.44. The van der Waals surface area contributed by atoms with E-state index in [4.69, 9.17) is 0 Å². The van der Waals surface area contributed by atoms with Crippen molar-refractivity contribution in [1.29, 1.82) is 0 Å². The molecule has 3 rings (SSSR count). The highest BCUT2D eigenvalue weighted by Crippen LogP contribution is 2.39. The van der Waals surface area contributed by atoms with Gasteiger partial charge in [0.2, 0.25) is 11.8 Å². The van der Waals surface area contributed by atoms with E-state index in [1.807, 2.05) is 26.5 Å². The third-order valence-electron chi connectivity index (χ3n) is 5.06. The highest BCUT2D eigenvalue weighted by molar-refractivity contribution is 8.77. The summed E-state index contributed by atoms with van der Waals surface area (Å²) in [6.07, 6.45) is 10.2. The van der Waals surface area contributed by atoms with Crippen LogP contribution in [0.2, 0.25) is 0 Å². The molecule has 1 aromatic heterocycles. The number of unbranched alkanes of at least 4 members (excludes halogenated alkanes) is 1. The van der Waals surface area contributed by atoms with E-state index < -0.39 is 0 Å². The zero-order chi connectivity index (χ0) is 18.2. The Balaban J connectivity index is 1.32. The summed E-state index contributed by atoms with van der Waals surface area (Å²) in [7, 11) is 3.99. The third kappa shape index (κ3) is 5.91. The summed E-state index contributed by atoms with van der Waals surface area (Å²) >= 11 is 0. The van der Waals surface area contributed by atoms with E-state index >= 15 is 0 Å². The Labute approximate surface area is 163 Å². The Hall–Kier alpha value is -1.21. The first-order valence-corrected chi connectivity index (χ1v) is 11.9. The average molecular weight is 394 g/mol. The molecule has 2 aliphatic rings. The SMILES string of the molecule is O=C(Nc1ccncc1)C1CCN(C(=O)CCCCC2CCSS2)CC1. The van der Waals surface area contributed by atoms with Crippen LogP contribution >= 0.6 is 21.6 Å². The quantitative estimate of drug-likeness (QED) is 0.561. The van der Waals surface area contributed by atoms with Gasteiger partial charge in [-0.25, -0.2) is 0 Å². The molecule has 1 aromatic rings. The van der Waals surface area contributed by atoms with E-state index in [1.165, 1.54) is 18.6 Å². The number of nitrogens with one attached hydrogen (secondary N) is 1. The molecule has 2 aliphatic heterocycles. The topological polar surface area (TPSA) is 62.3 Å². The molecule has 2 amide bonds. The third-order valence-corrected chi connectivity index (χ3v) is 8.07. The highest BCUT2D eigenvalue weighted by atomic mass is 33.1. The van der Waals surface area contributed by atoms with E-state index in [1.54, 1.807) is 24.5 Å². The van der Waals surface area contributed by atoms with Crippen LogP contribution in [0.1, 0.15) is 44.9 Å². The first-order chi connectivity index (χ1) is 12.7. The van der Waals surface area contributed by atoms with Gasteiger partial charge >= 0.3 is 0 Å². The van der Waals surface area contributed by atoms with Crippen LogP contribution < -0.4 is 5.32 Å². The summed E-state index contributed by atoms with van der Waals surface area (Å²) in [5, 5.41) is 3.73. The standard InChI is InChI=1S/C19H27N3O2S2/c23-18(4-2-1-3-17-9-14-25-26-17)22-12-7-15(8-13-22)19(24)21-16-5-10-20-11-6-16/h5-6,10-11,15,17H,1-4,7-9,12-14H2,(H,20,21,24). The van der Waals surface area contributed by atoms with Gasteiger partial charge in [-0.2, -0.15) is 0 Å². The number of nitrogens with zero attached hydrogens (tertiary/aromatic N) is 2. The molecule has 7 heteroatoms. The molecular formula is C19H27N3O2S2. The zero-order valence-electron chi connectivity index (χ0n) is 15.1. The minimum absolute atomic E-state index is 0.0101. The van der Waals surface area contributed by atoms with Crippen LogP contribution in [0.15, 0.2) is 24.5 Å². The van der Waals surface area contributed by atoms with Crippen LogP contribution in [0.4, 0.5) is 5.69 Å². The lowest BCUT2D eigenvalue weighted by Gasteiger charge is -2.31. The molecule has 0 bridgehead atoms. The molecule has 0 aromatic carbocycles. The maximum Gasteiger partial charge on any atom is 0.227 e. The predicted octanol–water partition coefficient (Wildman–Crippen LogP) is 3.97. The average Bonchev–Trinajstić information content (AvgIpc) is 3.19. The Bertz CT molecular complexity index is 586. The van der Waals surface area contributed by atoms with Gasteiger partial charge in [0.1, 0.15) is 0 Å². The van der Waals surface area contributed by atoms with E-state index in [0.29, 0.717) is 19.5 Å². The van der Waals surface area contributed by atoms with Gasteiger partial charge < -0.3 is 10.2 Å². The lowest BCUT2D eigenvalue weighted by Crippen LogP contribution is -2.41. The number of aromatic nitrogens is 1. The minimum Gasteiger partial charge on any atom is -0.343 e. The van der Waals surface area contributed by atoms with Crippen molar-refractivity contribution in [3.63, 3.8) is 0 Å². The van der Waals surface area contributed by atoms with Gasteiger partial charge in [0, 0.05) is 54.5 Å². The number of hydrogen-bond donors (Lipinski definition) is 1. The van der Waals surface area contributed by atoms with Crippen molar-refractivity contribution in [2.24, 2.45) is 5.92 Å². The highest BCUT2D eigenvalue weighted by Gasteiger charge is 2.27. The van der Waals surface area contributed by atoms with Gasteiger partial charge in [-0.3, -0.25) is 14.6 Å². The molecule has 0 saturated carbocycles. The maximum atomic E-state index is 12.4. The van der Waals surface area contributed by atoms with Crippen molar-refractivity contribution >= 4 is 39.1 Å². The van der Waals surface area contributed by atoms with Crippen molar-refractivity contribution in [3.8, 4) is 0 Å². The van der Waals surface area contributed by atoms with Gasteiger partial charge in [-0.05, 0) is 44.2 Å². The number of carbonyl (C=O) groups excluding carboxylic acids is 2. The molecule has 2 saturated heterocycles. The molecule has 1 atom stereocenters. The normalized spacial score (nSPS) is 20.9. The number of rotatable bonds is 7. The Morgan fingerprint density at radius 3 is 2.62 bits per heavy atom. The molecule has 5 nitrogen and oxygen atoms in total. The summed E-state index contributed by atoms with van der Waals surface area (Å²) < 4.78 is 0. The van der Waals surface area contributed by atoms with E-state index in [9.17, 15) is 9.59 Å². The predicted molar refractivity (Wildman–Crippen MR) is 109 cm³/mol. The van der Waals surface area contributed by atoms with Crippen LogP contribution in [-0.4, -0.2) is 45.8 Å². The monoisotopic (exact) mass is 393 g/mol. The van der Waals surface area contributed by atoms with Crippen LogP contribution in [0.25, 0.3) is 0 Å². The second kappa shape index (κ2) is 10.2. The molecule has 1 N–H and O–H groups in total. The second-order valence-electron chi connectivity index (χ2n) is 6.95. The summed E-state index contributed by atoms with van der Waals surface area (Å²) in [5.41, 5.74) is 0.780. The van der Waals surface area contributed by atoms with Crippen molar-refractivity contribution in [2.75, 3.05) is 24.2 Å². The molecule has 26 heavy (non-hydrogen) atoms. The number of likely N-dealkylation sites (tertiary alicyclic amines) is 1. The van der Waals surface area contributed by atoms with Gasteiger partial charge in [-0.1, -0.05) is 28.0 Å². The fourth-order valence-corrected chi connectivity index (χ4v) is 6.47. The van der Waals surface area contributed by atoms with Crippen LogP contribution in [0.5, 0.6) is 0 Å². The smallest absolute Gasteiger partial charge is 0.227 e. The van der Waals surface area contributed by atoms with Crippen molar-refractivity contribution < 1.29 is 9.59 Å². The molecule has 0 spiro atoms. The molecule has 1 unspecified atom stereocenters. The maximum absolute atomic E-state index is 12.4. The lowest BCUT2D eigenvalue weighted by atomic mass is 9.95. The first kappa shape index (κ1) is 19.5. The number of amides is 2. The summed E-state index contributed by atoms with van der Waals surface area (Å²) in [4.78, 5) is 30.6. The number of anilines is 1. The van der Waals surface area contributed by atoms with E-state index in [-0.39, 0.29) is 17.7 Å². The first-order valence-electron chi connectivity index (χ1n) is 9.49.